The summed E-state index contributed by atoms with van der Waals surface area (Å²) in [6.07, 6.45) is 2.92. The van der Waals surface area contributed by atoms with E-state index in [1.165, 1.54) is 0 Å². The largest absolute Gasteiger partial charge is 0.389 e. The van der Waals surface area contributed by atoms with Crippen molar-refractivity contribution in [1.82, 2.24) is 20.3 Å². The molecule has 2 N–H and O–H groups in total. The summed E-state index contributed by atoms with van der Waals surface area (Å²) in [5.41, 5.74) is 1.11. The molecule has 114 valence electrons. The molecule has 2 aromatic rings. The maximum atomic E-state index is 9.88. The van der Waals surface area contributed by atoms with E-state index in [1.54, 1.807) is 10.9 Å². The molecule has 0 aliphatic carbocycles. The second-order valence-electron chi connectivity index (χ2n) is 4.91. The van der Waals surface area contributed by atoms with Crippen LogP contribution in [0.15, 0.2) is 42.7 Å². The van der Waals surface area contributed by atoms with Crippen molar-refractivity contribution in [3.63, 3.8) is 0 Å². The second kappa shape index (κ2) is 8.51. The average molecular weight is 290 g/mol. The van der Waals surface area contributed by atoms with E-state index in [2.05, 4.69) is 15.6 Å². The van der Waals surface area contributed by atoms with E-state index in [0.717, 1.165) is 18.7 Å². The molecule has 21 heavy (non-hydrogen) atoms. The lowest BCUT2D eigenvalue weighted by Gasteiger charge is -2.17. The number of nitrogens with zero attached hydrogens (tertiary/aromatic N) is 3. The van der Waals surface area contributed by atoms with Crippen molar-refractivity contribution in [2.75, 3.05) is 19.7 Å². The third-order valence-electron chi connectivity index (χ3n) is 3.18. The molecule has 6 heteroatoms. The van der Waals surface area contributed by atoms with E-state index in [9.17, 15) is 5.11 Å². The minimum atomic E-state index is -0.521. The van der Waals surface area contributed by atoms with E-state index >= 15 is 0 Å². The number of rotatable bonds is 9. The molecule has 0 spiro atoms. The fourth-order valence-electron chi connectivity index (χ4n) is 1.95. The minimum absolute atomic E-state index is 0.0176. The first-order valence-corrected chi connectivity index (χ1v) is 7.15. The topological polar surface area (TPSA) is 72.2 Å². The van der Waals surface area contributed by atoms with Gasteiger partial charge in [0, 0.05) is 19.3 Å². The zero-order valence-corrected chi connectivity index (χ0v) is 12.2. The van der Waals surface area contributed by atoms with Gasteiger partial charge in [0.15, 0.2) is 0 Å². The Morgan fingerprint density at radius 3 is 2.86 bits per heavy atom. The third kappa shape index (κ3) is 5.63. The molecular weight excluding hydrogens is 268 g/mol. The van der Waals surface area contributed by atoms with Gasteiger partial charge in [-0.2, -0.15) is 0 Å². The Bertz CT molecular complexity index is 490. The molecule has 0 saturated carbocycles. The molecule has 1 aromatic carbocycles. The van der Waals surface area contributed by atoms with E-state index in [1.807, 2.05) is 43.5 Å². The van der Waals surface area contributed by atoms with Crippen LogP contribution in [0.2, 0.25) is 0 Å². The number of aliphatic hydroxyl groups excluding tert-OH is 1. The Balaban J connectivity index is 1.58. The number of hydrogen-bond acceptors (Lipinski definition) is 5. The van der Waals surface area contributed by atoms with Crippen LogP contribution in [0.25, 0.3) is 0 Å². The summed E-state index contributed by atoms with van der Waals surface area (Å²) in [6, 6.07) is 9.99. The molecule has 0 bridgehead atoms. The summed E-state index contributed by atoms with van der Waals surface area (Å²) in [6.45, 7) is 4.26. The van der Waals surface area contributed by atoms with E-state index < -0.39 is 6.10 Å². The molecule has 0 aliphatic rings. The maximum Gasteiger partial charge on any atom is 0.0897 e. The highest BCUT2D eigenvalue weighted by molar-refractivity contribution is 5.16. The van der Waals surface area contributed by atoms with Gasteiger partial charge in [0.25, 0.3) is 0 Å². The van der Waals surface area contributed by atoms with E-state index in [0.29, 0.717) is 13.2 Å². The van der Waals surface area contributed by atoms with Gasteiger partial charge in [-0.3, -0.25) is 4.68 Å². The molecule has 0 aliphatic heterocycles. The van der Waals surface area contributed by atoms with Gasteiger partial charge < -0.3 is 15.2 Å². The van der Waals surface area contributed by atoms with Gasteiger partial charge in [-0.05, 0) is 12.5 Å². The standard InChI is InChI=1S/C15H22N4O2/c1-13(14-5-3-2-4-6-14)21-12-15(20)11-16-7-9-19-10-8-17-18-19/h2-6,8,10,13,15-16,20H,7,9,11-12H2,1H3. The Morgan fingerprint density at radius 2 is 2.14 bits per heavy atom. The van der Waals surface area contributed by atoms with Gasteiger partial charge in [0.05, 0.1) is 31.6 Å². The fraction of sp³-hybridized carbons (Fsp3) is 0.467. The van der Waals surface area contributed by atoms with Crippen molar-refractivity contribution in [1.29, 1.82) is 0 Å². The molecule has 2 unspecified atom stereocenters. The number of nitrogens with one attached hydrogen (secondary N) is 1. The van der Waals surface area contributed by atoms with Gasteiger partial charge in [-0.25, -0.2) is 0 Å². The first kappa shape index (κ1) is 15.6. The summed E-state index contributed by atoms with van der Waals surface area (Å²) in [7, 11) is 0. The molecule has 6 nitrogen and oxygen atoms in total. The highest BCUT2D eigenvalue weighted by atomic mass is 16.5. The van der Waals surface area contributed by atoms with Gasteiger partial charge >= 0.3 is 0 Å². The van der Waals surface area contributed by atoms with Crippen molar-refractivity contribution < 1.29 is 9.84 Å². The van der Waals surface area contributed by atoms with Crippen LogP contribution in [0, 0.1) is 0 Å². The van der Waals surface area contributed by atoms with Crippen molar-refractivity contribution in [2.24, 2.45) is 0 Å². The van der Waals surface area contributed by atoms with Crippen LogP contribution >= 0.6 is 0 Å². The molecular formula is C15H22N4O2. The lowest BCUT2D eigenvalue weighted by Crippen LogP contribution is -2.32. The van der Waals surface area contributed by atoms with Crippen LogP contribution in [0.5, 0.6) is 0 Å². The van der Waals surface area contributed by atoms with Crippen LogP contribution in [-0.2, 0) is 11.3 Å². The number of ether oxygens (including phenoxy) is 1. The monoisotopic (exact) mass is 290 g/mol. The third-order valence-corrected chi connectivity index (χ3v) is 3.18. The Kier molecular flexibility index (Phi) is 6.33. The Hall–Kier alpha value is -1.76. The molecule has 0 saturated heterocycles. The molecule has 0 radical (unpaired) electrons. The quantitative estimate of drug-likeness (QED) is 0.674. The number of hydrogen-bond donors (Lipinski definition) is 2. The van der Waals surface area contributed by atoms with Crippen LogP contribution < -0.4 is 5.32 Å². The van der Waals surface area contributed by atoms with Gasteiger partial charge in [-0.15, -0.1) is 5.10 Å². The van der Waals surface area contributed by atoms with Crippen LogP contribution in [-0.4, -0.2) is 45.9 Å². The van der Waals surface area contributed by atoms with Gasteiger partial charge in [-0.1, -0.05) is 35.5 Å². The van der Waals surface area contributed by atoms with Gasteiger partial charge in [0.1, 0.15) is 0 Å². The Labute approximate surface area is 124 Å². The van der Waals surface area contributed by atoms with Crippen molar-refractivity contribution in [2.45, 2.75) is 25.7 Å². The van der Waals surface area contributed by atoms with Crippen molar-refractivity contribution in [3.05, 3.63) is 48.3 Å². The molecule has 1 heterocycles. The maximum absolute atomic E-state index is 9.88. The van der Waals surface area contributed by atoms with Crippen LogP contribution in [0.4, 0.5) is 0 Å². The predicted molar refractivity (Wildman–Crippen MR) is 79.7 cm³/mol. The summed E-state index contributed by atoms with van der Waals surface area (Å²) < 4.78 is 7.42. The second-order valence-corrected chi connectivity index (χ2v) is 4.91. The summed E-state index contributed by atoms with van der Waals surface area (Å²) >= 11 is 0. The number of benzene rings is 1. The first-order chi connectivity index (χ1) is 10.3. The smallest absolute Gasteiger partial charge is 0.0897 e. The molecule has 1 aromatic heterocycles. The normalized spacial score (nSPS) is 14.0. The average Bonchev–Trinajstić information content (AvgIpc) is 3.03. The zero-order valence-electron chi connectivity index (χ0n) is 12.2. The predicted octanol–water partition coefficient (Wildman–Crippen LogP) is 1.01. The minimum Gasteiger partial charge on any atom is -0.389 e. The van der Waals surface area contributed by atoms with Crippen LogP contribution in [0.1, 0.15) is 18.6 Å². The van der Waals surface area contributed by atoms with E-state index in [-0.39, 0.29) is 6.10 Å². The summed E-state index contributed by atoms with van der Waals surface area (Å²) in [5.74, 6) is 0. The van der Waals surface area contributed by atoms with Crippen LogP contribution in [0.3, 0.4) is 0 Å². The highest BCUT2D eigenvalue weighted by Crippen LogP contribution is 2.15. The number of aliphatic hydroxyl groups is 1. The van der Waals surface area contributed by atoms with E-state index in [4.69, 9.17) is 4.74 Å². The fourth-order valence-corrected chi connectivity index (χ4v) is 1.95. The highest BCUT2D eigenvalue weighted by Gasteiger charge is 2.09. The Morgan fingerprint density at radius 1 is 1.33 bits per heavy atom. The first-order valence-electron chi connectivity index (χ1n) is 7.15. The lowest BCUT2D eigenvalue weighted by atomic mass is 10.1. The SMILES string of the molecule is CC(OCC(O)CNCCn1ccnn1)c1ccccc1. The lowest BCUT2D eigenvalue weighted by molar-refractivity contribution is -0.00202. The van der Waals surface area contributed by atoms with Crippen molar-refractivity contribution in [3.8, 4) is 0 Å². The molecule has 2 rings (SSSR count). The summed E-state index contributed by atoms with van der Waals surface area (Å²) in [4.78, 5) is 0. The summed E-state index contributed by atoms with van der Waals surface area (Å²) in [5, 5.41) is 20.6. The van der Waals surface area contributed by atoms with Gasteiger partial charge in [0.2, 0.25) is 0 Å². The number of aromatic nitrogens is 3. The molecule has 0 fully saturated rings. The zero-order chi connectivity index (χ0) is 14.9. The molecule has 0 amide bonds. The van der Waals surface area contributed by atoms with Crippen molar-refractivity contribution >= 4 is 0 Å². The molecule has 2 atom stereocenters.